The molecule has 5 heteroatoms. The molecule has 1 aromatic carbocycles. The second-order valence-corrected chi connectivity index (χ2v) is 4.98. The van der Waals surface area contributed by atoms with Gasteiger partial charge in [0.05, 0.1) is 6.42 Å². The van der Waals surface area contributed by atoms with Crippen LogP contribution in [0.3, 0.4) is 0 Å². The summed E-state index contributed by atoms with van der Waals surface area (Å²) in [6.07, 6.45) is 2.70. The van der Waals surface area contributed by atoms with E-state index in [0.717, 1.165) is 17.9 Å². The molecule has 0 saturated carbocycles. The summed E-state index contributed by atoms with van der Waals surface area (Å²) in [6.45, 7) is 1.84. The summed E-state index contributed by atoms with van der Waals surface area (Å²) >= 11 is 0. The first kappa shape index (κ1) is 13.8. The number of ether oxygens (including phenoxy) is 1. The summed E-state index contributed by atoms with van der Waals surface area (Å²) < 4.78 is 5.81. The van der Waals surface area contributed by atoms with Gasteiger partial charge in [-0.1, -0.05) is 12.1 Å². The Kier molecular flexibility index (Phi) is 4.76. The number of benzene rings is 1. The Labute approximate surface area is 113 Å². The van der Waals surface area contributed by atoms with Gasteiger partial charge in [-0.2, -0.15) is 0 Å². The highest BCUT2D eigenvalue weighted by Gasteiger charge is 2.21. The molecule has 0 aromatic heterocycles. The summed E-state index contributed by atoms with van der Waals surface area (Å²) in [5.41, 5.74) is 3.03. The van der Waals surface area contributed by atoms with Crippen molar-refractivity contribution in [1.82, 2.24) is 10.3 Å². The summed E-state index contributed by atoms with van der Waals surface area (Å²) in [7, 11) is 2.13. The lowest BCUT2D eigenvalue weighted by Crippen LogP contribution is -2.31. The van der Waals surface area contributed by atoms with Crippen molar-refractivity contribution in [1.29, 1.82) is 0 Å². The molecule has 1 amide bonds. The first-order valence-corrected chi connectivity index (χ1v) is 6.60. The number of carbonyl (C=O) groups is 1. The summed E-state index contributed by atoms with van der Waals surface area (Å²) in [5, 5.41) is 0. The van der Waals surface area contributed by atoms with E-state index in [1.165, 1.54) is 12.8 Å². The molecule has 1 fully saturated rings. The van der Waals surface area contributed by atoms with Crippen molar-refractivity contribution >= 4 is 5.91 Å². The number of nitrogens with one attached hydrogen (secondary N) is 1. The van der Waals surface area contributed by atoms with Gasteiger partial charge in [-0.25, -0.2) is 5.84 Å². The van der Waals surface area contributed by atoms with Crippen LogP contribution < -0.4 is 16.0 Å². The fourth-order valence-electron chi connectivity index (χ4n) is 2.36. The van der Waals surface area contributed by atoms with Gasteiger partial charge in [0.15, 0.2) is 0 Å². The van der Waals surface area contributed by atoms with Crippen LogP contribution in [-0.4, -0.2) is 37.0 Å². The van der Waals surface area contributed by atoms with E-state index in [0.29, 0.717) is 12.6 Å². The molecule has 0 unspecified atom stereocenters. The van der Waals surface area contributed by atoms with Crippen molar-refractivity contribution in [2.75, 3.05) is 20.2 Å². The van der Waals surface area contributed by atoms with Gasteiger partial charge in [-0.15, -0.1) is 0 Å². The molecule has 104 valence electrons. The Balaban J connectivity index is 1.89. The number of hydrazine groups is 1. The molecule has 1 aliphatic rings. The van der Waals surface area contributed by atoms with Gasteiger partial charge in [-0.05, 0) is 44.1 Å². The molecule has 19 heavy (non-hydrogen) atoms. The number of hydrogen-bond donors (Lipinski definition) is 2. The van der Waals surface area contributed by atoms with Crippen molar-refractivity contribution in [2.24, 2.45) is 5.84 Å². The standard InChI is InChI=1S/C14H21N3O2/c1-17-7-3-5-12(17)10-19-13-6-2-4-11(8-13)9-14(18)16-15/h2,4,6,8,12H,3,5,7,9-10,15H2,1H3,(H,16,18)/t12-/m0/s1. The molecular formula is C14H21N3O2. The number of amides is 1. The molecule has 1 aliphatic heterocycles. The van der Waals surface area contributed by atoms with Gasteiger partial charge in [0, 0.05) is 6.04 Å². The highest BCUT2D eigenvalue weighted by molar-refractivity contribution is 5.77. The van der Waals surface area contributed by atoms with E-state index < -0.39 is 0 Å². The molecule has 0 radical (unpaired) electrons. The van der Waals surface area contributed by atoms with Crippen molar-refractivity contribution in [2.45, 2.75) is 25.3 Å². The van der Waals surface area contributed by atoms with Crippen LogP contribution in [0.4, 0.5) is 0 Å². The number of carbonyl (C=O) groups excluding carboxylic acids is 1. The first-order valence-electron chi connectivity index (χ1n) is 6.60. The molecule has 2 rings (SSSR count). The minimum atomic E-state index is -0.201. The zero-order chi connectivity index (χ0) is 13.7. The maximum absolute atomic E-state index is 11.2. The first-order chi connectivity index (χ1) is 9.19. The van der Waals surface area contributed by atoms with E-state index in [2.05, 4.69) is 17.4 Å². The van der Waals surface area contributed by atoms with E-state index in [9.17, 15) is 4.79 Å². The maximum atomic E-state index is 11.2. The van der Waals surface area contributed by atoms with E-state index in [-0.39, 0.29) is 12.3 Å². The molecule has 1 atom stereocenters. The lowest BCUT2D eigenvalue weighted by atomic mass is 10.1. The van der Waals surface area contributed by atoms with Crippen LogP contribution in [0.2, 0.25) is 0 Å². The van der Waals surface area contributed by atoms with Crippen molar-refractivity contribution in [3.8, 4) is 5.75 Å². The maximum Gasteiger partial charge on any atom is 0.238 e. The predicted molar refractivity (Wildman–Crippen MR) is 73.6 cm³/mol. The van der Waals surface area contributed by atoms with Gasteiger partial charge < -0.3 is 9.64 Å². The Hall–Kier alpha value is -1.59. The van der Waals surface area contributed by atoms with Crippen LogP contribution in [0.25, 0.3) is 0 Å². The van der Waals surface area contributed by atoms with Crippen LogP contribution in [0.15, 0.2) is 24.3 Å². The van der Waals surface area contributed by atoms with Crippen molar-refractivity contribution < 1.29 is 9.53 Å². The molecule has 1 aromatic rings. The second-order valence-electron chi connectivity index (χ2n) is 4.98. The van der Waals surface area contributed by atoms with Crippen LogP contribution >= 0.6 is 0 Å². The number of likely N-dealkylation sites (tertiary alicyclic amines) is 1. The fraction of sp³-hybridized carbons (Fsp3) is 0.500. The molecule has 0 aliphatic carbocycles. The molecule has 0 bridgehead atoms. The summed E-state index contributed by atoms with van der Waals surface area (Å²) in [4.78, 5) is 13.5. The molecule has 1 heterocycles. The predicted octanol–water partition coefficient (Wildman–Crippen LogP) is 0.692. The normalized spacial score (nSPS) is 19.4. The van der Waals surface area contributed by atoms with Crippen LogP contribution in [-0.2, 0) is 11.2 Å². The summed E-state index contributed by atoms with van der Waals surface area (Å²) in [5.74, 6) is 5.69. The van der Waals surface area contributed by atoms with Crippen molar-refractivity contribution in [3.05, 3.63) is 29.8 Å². The molecular weight excluding hydrogens is 242 g/mol. The van der Waals surface area contributed by atoms with Gasteiger partial charge in [0.2, 0.25) is 5.91 Å². The quantitative estimate of drug-likeness (QED) is 0.466. The van der Waals surface area contributed by atoms with Crippen LogP contribution in [0, 0.1) is 0 Å². The third-order valence-electron chi connectivity index (χ3n) is 3.54. The van der Waals surface area contributed by atoms with Gasteiger partial charge >= 0.3 is 0 Å². The lowest BCUT2D eigenvalue weighted by molar-refractivity contribution is -0.120. The van der Waals surface area contributed by atoms with E-state index in [1.54, 1.807) is 0 Å². The topological polar surface area (TPSA) is 67.6 Å². The average Bonchev–Trinajstić information content (AvgIpc) is 2.82. The van der Waals surface area contributed by atoms with Crippen LogP contribution in [0.5, 0.6) is 5.75 Å². The zero-order valence-corrected chi connectivity index (χ0v) is 11.3. The van der Waals surface area contributed by atoms with Crippen LogP contribution in [0.1, 0.15) is 18.4 Å². The summed E-state index contributed by atoms with van der Waals surface area (Å²) in [6, 6.07) is 8.09. The van der Waals surface area contributed by atoms with E-state index in [1.807, 2.05) is 24.3 Å². The molecule has 5 nitrogen and oxygen atoms in total. The Morgan fingerprint density at radius 2 is 2.42 bits per heavy atom. The van der Waals surface area contributed by atoms with Gasteiger partial charge in [-0.3, -0.25) is 10.2 Å². The Bertz CT molecular complexity index is 436. The Morgan fingerprint density at radius 1 is 1.58 bits per heavy atom. The van der Waals surface area contributed by atoms with E-state index >= 15 is 0 Å². The smallest absolute Gasteiger partial charge is 0.238 e. The number of rotatable bonds is 5. The number of nitrogens with zero attached hydrogens (tertiary/aromatic N) is 1. The highest BCUT2D eigenvalue weighted by Crippen LogP contribution is 2.18. The zero-order valence-electron chi connectivity index (χ0n) is 11.3. The number of likely N-dealkylation sites (N-methyl/N-ethyl adjacent to an activating group) is 1. The second kappa shape index (κ2) is 6.54. The molecule has 1 saturated heterocycles. The fourth-order valence-corrected chi connectivity index (χ4v) is 2.36. The molecule has 0 spiro atoms. The minimum Gasteiger partial charge on any atom is -0.492 e. The monoisotopic (exact) mass is 263 g/mol. The van der Waals surface area contributed by atoms with Gasteiger partial charge in [0.1, 0.15) is 12.4 Å². The number of nitrogens with two attached hydrogens (primary N) is 1. The lowest BCUT2D eigenvalue weighted by Gasteiger charge is -2.19. The average molecular weight is 263 g/mol. The molecule has 3 N–H and O–H groups in total. The van der Waals surface area contributed by atoms with Gasteiger partial charge in [0.25, 0.3) is 0 Å². The third-order valence-corrected chi connectivity index (χ3v) is 3.54. The SMILES string of the molecule is CN1CCC[C@H]1COc1cccc(CC(=O)NN)c1. The largest absolute Gasteiger partial charge is 0.492 e. The Morgan fingerprint density at radius 3 is 3.11 bits per heavy atom. The highest BCUT2D eigenvalue weighted by atomic mass is 16.5. The number of hydrogen-bond acceptors (Lipinski definition) is 4. The third kappa shape index (κ3) is 3.94. The van der Waals surface area contributed by atoms with Crippen molar-refractivity contribution in [3.63, 3.8) is 0 Å². The van der Waals surface area contributed by atoms with E-state index in [4.69, 9.17) is 10.6 Å². The minimum absolute atomic E-state index is 0.201.